The maximum atomic E-state index is 11.8. The number of hydrogen-bond donors (Lipinski definition) is 0. The number of pyridine rings is 1. The molecule has 31 heavy (non-hydrogen) atoms. The lowest BCUT2D eigenvalue weighted by Crippen LogP contribution is -2.08. The molecule has 0 N–H and O–H groups in total. The molecule has 0 amide bonds. The molecule has 1 atom stereocenters. The summed E-state index contributed by atoms with van der Waals surface area (Å²) in [6, 6.07) is 19.7. The molecule has 160 valence electrons. The van der Waals surface area contributed by atoms with Crippen LogP contribution in [0.25, 0.3) is 32.6 Å². The molecule has 6 heteroatoms. The summed E-state index contributed by atoms with van der Waals surface area (Å²) in [7, 11) is -3.21. The van der Waals surface area contributed by atoms with Crippen LogP contribution >= 0.6 is 23.7 Å². The van der Waals surface area contributed by atoms with Gasteiger partial charge in [-0.1, -0.05) is 49.4 Å². The molecule has 0 bridgehead atoms. The quantitative estimate of drug-likeness (QED) is 0.340. The molecule has 4 aromatic rings. The Bertz CT molecular complexity index is 1340. The molecule has 0 saturated heterocycles. The molecule has 0 saturated carbocycles. The Balaban J connectivity index is 0.00000231. The van der Waals surface area contributed by atoms with Crippen molar-refractivity contribution in [3.05, 3.63) is 71.1 Å². The topological polar surface area (TPSA) is 47.0 Å². The zero-order chi connectivity index (χ0) is 20.9. The highest BCUT2D eigenvalue weighted by atomic mass is 35.5. The lowest BCUT2D eigenvalue weighted by Gasteiger charge is -2.18. The van der Waals surface area contributed by atoms with Gasteiger partial charge < -0.3 is 0 Å². The molecule has 1 aliphatic rings. The van der Waals surface area contributed by atoms with Crippen LogP contribution in [0.1, 0.15) is 23.8 Å². The number of nitrogens with zero attached hydrogens (tertiary/aromatic N) is 1. The molecule has 0 radical (unpaired) electrons. The van der Waals surface area contributed by atoms with Crippen molar-refractivity contribution in [3.8, 4) is 22.4 Å². The van der Waals surface area contributed by atoms with Gasteiger partial charge in [0.2, 0.25) is 0 Å². The monoisotopic (exact) mass is 469 g/mol. The van der Waals surface area contributed by atoms with Crippen molar-refractivity contribution in [2.24, 2.45) is 5.92 Å². The van der Waals surface area contributed by atoms with E-state index in [0.29, 0.717) is 10.8 Å². The van der Waals surface area contributed by atoms with Gasteiger partial charge in [0.05, 0.1) is 10.6 Å². The van der Waals surface area contributed by atoms with E-state index in [4.69, 9.17) is 4.98 Å². The van der Waals surface area contributed by atoms with Crippen molar-refractivity contribution < 1.29 is 8.42 Å². The van der Waals surface area contributed by atoms with E-state index in [2.05, 4.69) is 37.3 Å². The highest BCUT2D eigenvalue weighted by Crippen LogP contribution is 2.43. The molecule has 0 aliphatic heterocycles. The fraction of sp³-hybridized carbons (Fsp3) is 0.240. The predicted octanol–water partition coefficient (Wildman–Crippen LogP) is 6.58. The Labute approximate surface area is 193 Å². The van der Waals surface area contributed by atoms with Gasteiger partial charge in [0, 0.05) is 22.1 Å². The minimum atomic E-state index is -3.21. The molecular formula is C25H24ClNO2S2. The van der Waals surface area contributed by atoms with E-state index in [0.717, 1.165) is 28.9 Å². The number of fused-ring (bicyclic) bond motifs is 3. The van der Waals surface area contributed by atoms with Crippen molar-refractivity contribution in [1.29, 1.82) is 0 Å². The highest BCUT2D eigenvalue weighted by Gasteiger charge is 2.24. The summed E-state index contributed by atoms with van der Waals surface area (Å²) in [6.07, 6.45) is 4.70. The van der Waals surface area contributed by atoms with Crippen molar-refractivity contribution in [2.75, 3.05) is 6.26 Å². The van der Waals surface area contributed by atoms with E-state index < -0.39 is 9.84 Å². The van der Waals surface area contributed by atoms with E-state index in [1.54, 1.807) is 12.1 Å². The smallest absolute Gasteiger partial charge is 0.175 e. The fourth-order valence-electron chi connectivity index (χ4n) is 4.31. The third kappa shape index (κ3) is 4.14. The van der Waals surface area contributed by atoms with Crippen LogP contribution in [0.5, 0.6) is 0 Å². The summed E-state index contributed by atoms with van der Waals surface area (Å²) in [5.41, 5.74) is 5.70. The van der Waals surface area contributed by atoms with E-state index >= 15 is 0 Å². The number of aromatic nitrogens is 1. The van der Waals surface area contributed by atoms with Crippen molar-refractivity contribution in [3.63, 3.8) is 0 Å². The average Bonchev–Trinajstić information content (AvgIpc) is 3.10. The number of hydrogen-bond acceptors (Lipinski definition) is 4. The van der Waals surface area contributed by atoms with Gasteiger partial charge in [0.25, 0.3) is 0 Å². The first-order valence-corrected chi connectivity index (χ1v) is 12.9. The summed E-state index contributed by atoms with van der Waals surface area (Å²) in [5, 5.41) is 1.30. The standard InChI is InChI=1S/C25H23NO2S2.ClH/c1-16-8-13-20-23(14-16)29-25-24(20)21(17-6-4-3-5-7-17)15-22(26-25)18-9-11-19(12-10-18)30(2,27)28;/h3-7,9-12,15-16H,8,13-14H2,1-2H3;1H. The van der Waals surface area contributed by atoms with Crippen molar-refractivity contribution >= 4 is 43.8 Å². The Morgan fingerprint density at radius 3 is 2.39 bits per heavy atom. The molecule has 5 rings (SSSR count). The molecule has 0 spiro atoms. The van der Waals surface area contributed by atoms with Crippen molar-refractivity contribution in [1.82, 2.24) is 4.98 Å². The van der Waals surface area contributed by atoms with E-state index in [-0.39, 0.29) is 12.4 Å². The van der Waals surface area contributed by atoms with E-state index in [1.165, 1.54) is 39.6 Å². The second-order valence-electron chi connectivity index (χ2n) is 8.25. The normalized spacial score (nSPS) is 16.0. The second kappa shape index (κ2) is 8.38. The van der Waals surface area contributed by atoms with Crippen LogP contribution in [0, 0.1) is 5.92 Å². The first kappa shape index (κ1) is 22.0. The lowest BCUT2D eigenvalue weighted by molar-refractivity contribution is 0.509. The van der Waals surface area contributed by atoms with Gasteiger partial charge in [-0.25, -0.2) is 13.4 Å². The summed E-state index contributed by atoms with van der Waals surface area (Å²) in [4.78, 5) is 7.90. The highest BCUT2D eigenvalue weighted by molar-refractivity contribution is 7.90. The molecule has 2 aromatic heterocycles. The summed E-state index contributed by atoms with van der Waals surface area (Å²) in [5.74, 6) is 0.716. The number of halogens is 1. The van der Waals surface area contributed by atoms with Gasteiger partial charge in [-0.3, -0.25) is 0 Å². The SMILES string of the molecule is CC1CCc2c(sc3nc(-c4ccc(S(C)(=O)=O)cc4)cc(-c4ccccc4)c23)C1.Cl. The van der Waals surface area contributed by atoms with Crippen LogP contribution in [0.15, 0.2) is 65.6 Å². The van der Waals surface area contributed by atoms with Crippen LogP contribution in [-0.4, -0.2) is 19.7 Å². The first-order valence-electron chi connectivity index (χ1n) is 10.2. The molecular weight excluding hydrogens is 446 g/mol. The molecule has 1 aliphatic carbocycles. The first-order chi connectivity index (χ1) is 14.4. The molecule has 3 nitrogen and oxygen atoms in total. The van der Waals surface area contributed by atoms with Gasteiger partial charge >= 0.3 is 0 Å². The van der Waals surface area contributed by atoms with Crippen LogP contribution in [0.4, 0.5) is 0 Å². The second-order valence-corrected chi connectivity index (χ2v) is 11.3. The lowest BCUT2D eigenvalue weighted by atomic mass is 9.87. The van der Waals surface area contributed by atoms with Crippen LogP contribution in [-0.2, 0) is 22.7 Å². The molecule has 2 aromatic carbocycles. The van der Waals surface area contributed by atoms with Crippen LogP contribution in [0.3, 0.4) is 0 Å². The number of sulfone groups is 1. The number of thiophene rings is 1. The van der Waals surface area contributed by atoms with Crippen LogP contribution < -0.4 is 0 Å². The maximum Gasteiger partial charge on any atom is 0.175 e. The Kier molecular flexibility index (Phi) is 5.95. The Hall–Kier alpha value is -2.21. The predicted molar refractivity (Wildman–Crippen MR) is 132 cm³/mol. The summed E-state index contributed by atoms with van der Waals surface area (Å²) >= 11 is 1.82. The van der Waals surface area contributed by atoms with Crippen molar-refractivity contribution in [2.45, 2.75) is 31.1 Å². The zero-order valence-electron chi connectivity index (χ0n) is 17.5. The summed E-state index contributed by atoms with van der Waals surface area (Å²) in [6.45, 7) is 2.33. The van der Waals surface area contributed by atoms with Gasteiger partial charge in [-0.2, -0.15) is 0 Å². The Morgan fingerprint density at radius 1 is 1.00 bits per heavy atom. The number of aryl methyl sites for hydroxylation is 1. The summed E-state index contributed by atoms with van der Waals surface area (Å²) < 4.78 is 23.6. The van der Waals surface area contributed by atoms with Crippen LogP contribution in [0.2, 0.25) is 0 Å². The molecule has 0 fully saturated rings. The zero-order valence-corrected chi connectivity index (χ0v) is 19.9. The molecule has 2 heterocycles. The third-order valence-electron chi connectivity index (χ3n) is 5.93. The average molecular weight is 470 g/mol. The number of rotatable bonds is 3. The number of benzene rings is 2. The van der Waals surface area contributed by atoms with Gasteiger partial charge in [-0.05, 0) is 60.1 Å². The van der Waals surface area contributed by atoms with E-state index in [1.807, 2.05) is 29.5 Å². The van der Waals surface area contributed by atoms with Gasteiger partial charge in [-0.15, -0.1) is 23.7 Å². The van der Waals surface area contributed by atoms with E-state index in [9.17, 15) is 8.42 Å². The fourth-order valence-corrected chi connectivity index (χ4v) is 6.35. The van der Waals surface area contributed by atoms with Gasteiger partial charge in [0.15, 0.2) is 9.84 Å². The largest absolute Gasteiger partial charge is 0.237 e. The minimum absolute atomic E-state index is 0. The molecule has 1 unspecified atom stereocenters. The Morgan fingerprint density at radius 2 is 1.71 bits per heavy atom. The van der Waals surface area contributed by atoms with Gasteiger partial charge in [0.1, 0.15) is 4.83 Å². The third-order valence-corrected chi connectivity index (χ3v) is 8.21. The maximum absolute atomic E-state index is 11.8. The minimum Gasteiger partial charge on any atom is -0.237 e.